The second kappa shape index (κ2) is 6.86. The van der Waals surface area contributed by atoms with Crippen LogP contribution in [-0.4, -0.2) is 43.7 Å². The first-order valence-electron chi connectivity index (χ1n) is 7.25. The summed E-state index contributed by atoms with van der Waals surface area (Å²) in [6, 6.07) is 8.16. The Bertz CT molecular complexity index is 460. The second-order valence-corrected chi connectivity index (χ2v) is 5.45. The molecule has 1 aliphatic rings. The molecular formula is C16H24N2O2. The number of hydrogen-bond donors (Lipinski definition) is 1. The van der Waals surface area contributed by atoms with Crippen LogP contribution < -0.4 is 5.32 Å². The second-order valence-electron chi connectivity index (χ2n) is 5.45. The van der Waals surface area contributed by atoms with E-state index < -0.39 is 0 Å². The third-order valence-electron chi connectivity index (χ3n) is 3.80. The van der Waals surface area contributed by atoms with E-state index >= 15 is 0 Å². The van der Waals surface area contributed by atoms with Gasteiger partial charge in [0, 0.05) is 26.2 Å². The van der Waals surface area contributed by atoms with Crippen molar-refractivity contribution >= 4 is 5.91 Å². The monoisotopic (exact) mass is 276 g/mol. The summed E-state index contributed by atoms with van der Waals surface area (Å²) in [5.41, 5.74) is 2.40. The maximum Gasteiger partial charge on any atom is 0.244 e. The molecule has 0 saturated heterocycles. The largest absolute Gasteiger partial charge is 0.383 e. The van der Waals surface area contributed by atoms with Crippen molar-refractivity contribution in [3.05, 3.63) is 35.4 Å². The smallest absolute Gasteiger partial charge is 0.244 e. The minimum atomic E-state index is -0.223. The molecule has 110 valence electrons. The number of nitrogens with one attached hydrogen (secondary N) is 1. The summed E-state index contributed by atoms with van der Waals surface area (Å²) in [4.78, 5) is 14.7. The van der Waals surface area contributed by atoms with E-state index in [2.05, 4.69) is 17.4 Å². The number of carbonyl (C=O) groups excluding carboxylic acids is 1. The van der Waals surface area contributed by atoms with Crippen LogP contribution in [0.2, 0.25) is 0 Å². The molecule has 1 heterocycles. The van der Waals surface area contributed by atoms with E-state index in [1.807, 2.05) is 30.9 Å². The third-order valence-corrected chi connectivity index (χ3v) is 3.80. The molecule has 0 spiro atoms. The Hall–Kier alpha value is -1.39. The van der Waals surface area contributed by atoms with Gasteiger partial charge in [-0.15, -0.1) is 0 Å². The number of ether oxygens (including phenoxy) is 1. The summed E-state index contributed by atoms with van der Waals surface area (Å²) < 4.78 is 5.12. The predicted octanol–water partition coefficient (Wildman–Crippen LogP) is 1.76. The van der Waals surface area contributed by atoms with Crippen molar-refractivity contribution < 1.29 is 9.53 Å². The van der Waals surface area contributed by atoms with Gasteiger partial charge in [-0.1, -0.05) is 24.3 Å². The molecule has 20 heavy (non-hydrogen) atoms. The first-order chi connectivity index (χ1) is 9.65. The van der Waals surface area contributed by atoms with Gasteiger partial charge in [0.25, 0.3) is 0 Å². The lowest BCUT2D eigenvalue weighted by atomic mass is 9.93. The molecule has 2 rings (SSSR count). The third kappa shape index (κ3) is 3.19. The van der Waals surface area contributed by atoms with Crippen LogP contribution in [0, 0.1) is 0 Å². The molecule has 4 nitrogen and oxygen atoms in total. The number of benzene rings is 1. The molecular weight excluding hydrogens is 252 g/mol. The SMILES string of the molecule is COCCN(C(=O)C1NCCc2ccccc21)C(C)C. The molecule has 0 bridgehead atoms. The zero-order chi connectivity index (χ0) is 14.5. The molecule has 0 radical (unpaired) electrons. The number of rotatable bonds is 5. The van der Waals surface area contributed by atoms with Gasteiger partial charge < -0.3 is 15.0 Å². The first kappa shape index (κ1) is 15.0. The number of fused-ring (bicyclic) bond motifs is 1. The van der Waals surface area contributed by atoms with Crippen LogP contribution >= 0.6 is 0 Å². The summed E-state index contributed by atoms with van der Waals surface area (Å²) in [6.07, 6.45) is 0.986. The van der Waals surface area contributed by atoms with Gasteiger partial charge in [0.05, 0.1) is 6.61 Å². The van der Waals surface area contributed by atoms with Crippen molar-refractivity contribution in [2.45, 2.75) is 32.4 Å². The van der Waals surface area contributed by atoms with Gasteiger partial charge in [-0.25, -0.2) is 0 Å². The van der Waals surface area contributed by atoms with Crippen LogP contribution in [0.4, 0.5) is 0 Å². The molecule has 0 aliphatic carbocycles. The maximum absolute atomic E-state index is 12.8. The van der Waals surface area contributed by atoms with Gasteiger partial charge >= 0.3 is 0 Å². The Labute approximate surface area is 121 Å². The van der Waals surface area contributed by atoms with Crippen molar-refractivity contribution in [2.75, 3.05) is 26.8 Å². The average molecular weight is 276 g/mol. The van der Waals surface area contributed by atoms with E-state index in [1.54, 1.807) is 7.11 Å². The Kier molecular flexibility index (Phi) is 5.15. The fraction of sp³-hybridized carbons (Fsp3) is 0.562. The molecule has 1 aromatic carbocycles. The molecule has 0 aromatic heterocycles. The van der Waals surface area contributed by atoms with E-state index in [4.69, 9.17) is 4.74 Å². The standard InChI is InChI=1S/C16H24N2O2/c1-12(2)18(10-11-20-3)16(19)15-14-7-5-4-6-13(14)8-9-17-15/h4-7,12,15,17H,8-11H2,1-3H3. The Morgan fingerprint density at radius 2 is 2.20 bits per heavy atom. The lowest BCUT2D eigenvalue weighted by molar-refractivity contribution is -0.136. The zero-order valence-electron chi connectivity index (χ0n) is 12.6. The van der Waals surface area contributed by atoms with Gasteiger partial charge in [0.15, 0.2) is 0 Å². The van der Waals surface area contributed by atoms with Gasteiger partial charge in [-0.3, -0.25) is 4.79 Å². The molecule has 1 unspecified atom stereocenters. The molecule has 4 heteroatoms. The van der Waals surface area contributed by atoms with Crippen molar-refractivity contribution in [3.8, 4) is 0 Å². The van der Waals surface area contributed by atoms with Crippen molar-refractivity contribution in [3.63, 3.8) is 0 Å². The minimum absolute atomic E-state index is 0.143. The molecule has 0 saturated carbocycles. The van der Waals surface area contributed by atoms with E-state index in [9.17, 15) is 4.79 Å². The normalized spacial score (nSPS) is 17.9. The van der Waals surface area contributed by atoms with Gasteiger partial charge in [-0.05, 0) is 31.4 Å². The lowest BCUT2D eigenvalue weighted by Gasteiger charge is -2.33. The molecule has 1 aromatic rings. The summed E-state index contributed by atoms with van der Waals surface area (Å²) in [6.45, 7) is 6.14. The van der Waals surface area contributed by atoms with Crippen LogP contribution in [0.1, 0.15) is 31.0 Å². The summed E-state index contributed by atoms with van der Waals surface area (Å²) in [5.74, 6) is 0.143. The fourth-order valence-electron chi connectivity index (χ4n) is 2.70. The van der Waals surface area contributed by atoms with Gasteiger partial charge in [0.1, 0.15) is 6.04 Å². The van der Waals surface area contributed by atoms with Crippen molar-refractivity contribution in [1.29, 1.82) is 0 Å². The first-order valence-corrected chi connectivity index (χ1v) is 7.25. The molecule has 1 aliphatic heterocycles. The summed E-state index contributed by atoms with van der Waals surface area (Å²) in [5, 5.41) is 3.35. The van der Waals surface area contributed by atoms with Gasteiger partial charge in [0.2, 0.25) is 5.91 Å². The molecule has 1 atom stereocenters. The zero-order valence-corrected chi connectivity index (χ0v) is 12.6. The van der Waals surface area contributed by atoms with Crippen LogP contribution in [0.5, 0.6) is 0 Å². The summed E-state index contributed by atoms with van der Waals surface area (Å²) in [7, 11) is 1.66. The maximum atomic E-state index is 12.8. The van der Waals surface area contributed by atoms with E-state index in [0.29, 0.717) is 13.2 Å². The van der Waals surface area contributed by atoms with Crippen LogP contribution in [0.25, 0.3) is 0 Å². The topological polar surface area (TPSA) is 41.6 Å². The number of carbonyl (C=O) groups is 1. The predicted molar refractivity (Wildman–Crippen MR) is 79.6 cm³/mol. The summed E-state index contributed by atoms with van der Waals surface area (Å²) >= 11 is 0. The Morgan fingerprint density at radius 3 is 2.90 bits per heavy atom. The Balaban J connectivity index is 2.20. The van der Waals surface area contributed by atoms with Crippen molar-refractivity contribution in [2.24, 2.45) is 0 Å². The Morgan fingerprint density at radius 1 is 1.45 bits per heavy atom. The average Bonchev–Trinajstić information content (AvgIpc) is 2.46. The molecule has 1 N–H and O–H groups in total. The van der Waals surface area contributed by atoms with E-state index in [0.717, 1.165) is 18.5 Å². The quantitative estimate of drug-likeness (QED) is 0.891. The highest BCUT2D eigenvalue weighted by atomic mass is 16.5. The van der Waals surface area contributed by atoms with Crippen molar-refractivity contribution in [1.82, 2.24) is 10.2 Å². The molecule has 0 fully saturated rings. The van der Waals surface area contributed by atoms with E-state index in [-0.39, 0.29) is 18.0 Å². The highest BCUT2D eigenvalue weighted by Crippen LogP contribution is 2.24. The highest BCUT2D eigenvalue weighted by Gasteiger charge is 2.30. The number of amides is 1. The van der Waals surface area contributed by atoms with Crippen LogP contribution in [0.3, 0.4) is 0 Å². The molecule has 1 amide bonds. The van der Waals surface area contributed by atoms with Crippen LogP contribution in [0.15, 0.2) is 24.3 Å². The van der Waals surface area contributed by atoms with E-state index in [1.165, 1.54) is 5.56 Å². The van der Waals surface area contributed by atoms with Gasteiger partial charge in [-0.2, -0.15) is 0 Å². The number of hydrogen-bond acceptors (Lipinski definition) is 3. The highest BCUT2D eigenvalue weighted by molar-refractivity contribution is 5.84. The number of nitrogens with zero attached hydrogens (tertiary/aromatic N) is 1. The number of methoxy groups -OCH3 is 1. The minimum Gasteiger partial charge on any atom is -0.383 e. The van der Waals surface area contributed by atoms with Crippen LogP contribution in [-0.2, 0) is 16.0 Å². The fourth-order valence-corrected chi connectivity index (χ4v) is 2.70. The lowest BCUT2D eigenvalue weighted by Crippen LogP contribution is -2.47.